The number of rotatable bonds is 2. The Morgan fingerprint density at radius 1 is 1.60 bits per heavy atom. The third-order valence-corrected chi connectivity index (χ3v) is 3.35. The number of ether oxygens (including phenoxy) is 1. The first-order valence-corrected chi connectivity index (χ1v) is 5.72. The van der Waals surface area contributed by atoms with Gasteiger partial charge in [0.05, 0.1) is 6.61 Å². The van der Waals surface area contributed by atoms with E-state index in [2.05, 4.69) is 6.92 Å². The number of hydrogen-bond acceptors (Lipinski definition) is 2. The fourth-order valence-corrected chi connectivity index (χ4v) is 2.33. The standard InChI is InChI=1S/C12H16ClNO/c1-8(7-14)10-4-5-15-12-3-2-9(13)6-11(10)12/h2-3,6,8,10H,4-5,7,14H2,1H3. The highest BCUT2D eigenvalue weighted by Gasteiger charge is 2.25. The van der Waals surface area contributed by atoms with Gasteiger partial charge in [-0.3, -0.25) is 0 Å². The second-order valence-electron chi connectivity index (χ2n) is 4.14. The summed E-state index contributed by atoms with van der Waals surface area (Å²) < 4.78 is 5.60. The third-order valence-electron chi connectivity index (χ3n) is 3.12. The molecule has 1 aromatic carbocycles. The number of fused-ring (bicyclic) bond motifs is 1. The maximum absolute atomic E-state index is 6.00. The van der Waals surface area contributed by atoms with Crippen molar-refractivity contribution < 1.29 is 4.74 Å². The number of hydrogen-bond donors (Lipinski definition) is 1. The lowest BCUT2D eigenvalue weighted by Crippen LogP contribution is -2.24. The number of nitrogens with two attached hydrogens (primary N) is 1. The third kappa shape index (κ3) is 2.11. The fraction of sp³-hybridized carbons (Fsp3) is 0.500. The van der Waals surface area contributed by atoms with E-state index < -0.39 is 0 Å². The molecule has 3 heteroatoms. The minimum absolute atomic E-state index is 0.478. The minimum atomic E-state index is 0.478. The molecule has 0 saturated carbocycles. The van der Waals surface area contributed by atoms with E-state index >= 15 is 0 Å². The van der Waals surface area contributed by atoms with Crippen LogP contribution in [0.4, 0.5) is 0 Å². The topological polar surface area (TPSA) is 35.2 Å². The van der Waals surface area contributed by atoms with Gasteiger partial charge in [-0.25, -0.2) is 0 Å². The Morgan fingerprint density at radius 3 is 3.13 bits per heavy atom. The molecule has 0 saturated heterocycles. The molecule has 0 fully saturated rings. The van der Waals surface area contributed by atoms with Crippen LogP contribution in [0, 0.1) is 5.92 Å². The summed E-state index contributed by atoms with van der Waals surface area (Å²) in [4.78, 5) is 0. The molecular weight excluding hydrogens is 210 g/mol. The molecule has 2 nitrogen and oxygen atoms in total. The molecule has 0 spiro atoms. The quantitative estimate of drug-likeness (QED) is 0.840. The van der Waals surface area contributed by atoms with E-state index in [-0.39, 0.29) is 0 Å². The van der Waals surface area contributed by atoms with Crippen LogP contribution in [0.2, 0.25) is 5.02 Å². The highest BCUT2D eigenvalue weighted by molar-refractivity contribution is 6.30. The summed E-state index contributed by atoms with van der Waals surface area (Å²) in [6.07, 6.45) is 1.03. The van der Waals surface area contributed by atoms with Gasteiger partial charge in [-0.2, -0.15) is 0 Å². The second-order valence-corrected chi connectivity index (χ2v) is 4.58. The maximum Gasteiger partial charge on any atom is 0.122 e. The first kappa shape index (κ1) is 10.8. The Morgan fingerprint density at radius 2 is 2.40 bits per heavy atom. The minimum Gasteiger partial charge on any atom is -0.493 e. The predicted molar refractivity (Wildman–Crippen MR) is 62.5 cm³/mol. The van der Waals surface area contributed by atoms with E-state index in [0.29, 0.717) is 18.4 Å². The molecule has 0 bridgehead atoms. The van der Waals surface area contributed by atoms with Gasteiger partial charge < -0.3 is 10.5 Å². The van der Waals surface area contributed by atoms with Gasteiger partial charge in [0.1, 0.15) is 5.75 Å². The van der Waals surface area contributed by atoms with Gasteiger partial charge in [0.15, 0.2) is 0 Å². The lowest BCUT2D eigenvalue weighted by molar-refractivity contribution is 0.244. The van der Waals surface area contributed by atoms with E-state index in [1.807, 2.05) is 18.2 Å². The van der Waals surface area contributed by atoms with Crippen LogP contribution in [0.15, 0.2) is 18.2 Å². The average molecular weight is 226 g/mol. The van der Waals surface area contributed by atoms with E-state index in [0.717, 1.165) is 23.8 Å². The van der Waals surface area contributed by atoms with Gasteiger partial charge in [0.2, 0.25) is 0 Å². The largest absolute Gasteiger partial charge is 0.493 e. The highest BCUT2D eigenvalue weighted by Crippen LogP contribution is 2.39. The number of benzene rings is 1. The van der Waals surface area contributed by atoms with Crippen LogP contribution in [0.5, 0.6) is 5.75 Å². The van der Waals surface area contributed by atoms with Gasteiger partial charge >= 0.3 is 0 Å². The van der Waals surface area contributed by atoms with Crippen molar-refractivity contribution in [1.29, 1.82) is 0 Å². The van der Waals surface area contributed by atoms with Crippen molar-refractivity contribution in [3.05, 3.63) is 28.8 Å². The lowest BCUT2D eigenvalue weighted by Gasteiger charge is -2.29. The van der Waals surface area contributed by atoms with E-state index in [9.17, 15) is 0 Å². The van der Waals surface area contributed by atoms with E-state index in [1.165, 1.54) is 5.56 Å². The van der Waals surface area contributed by atoms with E-state index in [1.54, 1.807) is 0 Å². The van der Waals surface area contributed by atoms with Gasteiger partial charge in [0.25, 0.3) is 0 Å². The molecule has 0 aliphatic carbocycles. The van der Waals surface area contributed by atoms with E-state index in [4.69, 9.17) is 22.1 Å². The molecule has 0 aromatic heterocycles. The van der Waals surface area contributed by atoms with Gasteiger partial charge in [-0.1, -0.05) is 18.5 Å². The summed E-state index contributed by atoms with van der Waals surface area (Å²) in [5.41, 5.74) is 6.94. The maximum atomic E-state index is 6.00. The molecule has 2 N–H and O–H groups in total. The second kappa shape index (κ2) is 4.42. The Balaban J connectivity index is 2.36. The summed E-state index contributed by atoms with van der Waals surface area (Å²) in [5.74, 6) is 1.93. The molecule has 2 unspecified atom stereocenters. The molecule has 2 rings (SSSR count). The smallest absolute Gasteiger partial charge is 0.122 e. The van der Waals surface area contributed by atoms with Crippen LogP contribution in [0.25, 0.3) is 0 Å². The number of halogens is 1. The van der Waals surface area contributed by atoms with Crippen LogP contribution in [-0.4, -0.2) is 13.2 Å². The molecule has 0 amide bonds. The van der Waals surface area contributed by atoms with Crippen molar-refractivity contribution in [2.24, 2.45) is 11.7 Å². The van der Waals surface area contributed by atoms with Crippen LogP contribution >= 0.6 is 11.6 Å². The van der Waals surface area contributed by atoms with Crippen molar-refractivity contribution in [3.8, 4) is 5.75 Å². The summed E-state index contributed by atoms with van der Waals surface area (Å²) in [6, 6.07) is 5.83. The zero-order chi connectivity index (χ0) is 10.8. The zero-order valence-electron chi connectivity index (χ0n) is 8.87. The van der Waals surface area contributed by atoms with Crippen molar-refractivity contribution in [3.63, 3.8) is 0 Å². The van der Waals surface area contributed by atoms with Crippen molar-refractivity contribution in [2.75, 3.05) is 13.2 Å². The Hall–Kier alpha value is -0.730. The van der Waals surface area contributed by atoms with Crippen LogP contribution < -0.4 is 10.5 Å². The first-order chi connectivity index (χ1) is 7.22. The summed E-state index contributed by atoms with van der Waals surface area (Å²) in [7, 11) is 0. The summed E-state index contributed by atoms with van der Waals surface area (Å²) in [6.45, 7) is 3.67. The Bertz CT molecular complexity index is 353. The first-order valence-electron chi connectivity index (χ1n) is 5.34. The zero-order valence-corrected chi connectivity index (χ0v) is 9.63. The van der Waals surface area contributed by atoms with Gasteiger partial charge in [-0.15, -0.1) is 0 Å². The van der Waals surface area contributed by atoms with Crippen molar-refractivity contribution in [2.45, 2.75) is 19.3 Å². The monoisotopic (exact) mass is 225 g/mol. The lowest BCUT2D eigenvalue weighted by atomic mass is 9.83. The molecule has 0 radical (unpaired) electrons. The Labute approximate surface area is 95.4 Å². The SMILES string of the molecule is CC(CN)C1CCOc2ccc(Cl)cc21. The molecule has 15 heavy (non-hydrogen) atoms. The van der Waals surface area contributed by atoms with Gasteiger partial charge in [0, 0.05) is 5.02 Å². The van der Waals surface area contributed by atoms with Crippen LogP contribution in [0.3, 0.4) is 0 Å². The summed E-state index contributed by atoms with van der Waals surface area (Å²) >= 11 is 6.00. The molecule has 1 aliphatic heterocycles. The molecule has 1 heterocycles. The molecule has 1 aromatic rings. The van der Waals surface area contributed by atoms with Crippen molar-refractivity contribution >= 4 is 11.6 Å². The molecule has 82 valence electrons. The normalized spacial score (nSPS) is 21.7. The molecule has 1 aliphatic rings. The molecule has 2 atom stereocenters. The Kier molecular flexibility index (Phi) is 3.17. The van der Waals surface area contributed by atoms with Gasteiger partial charge in [-0.05, 0) is 48.6 Å². The van der Waals surface area contributed by atoms with Crippen LogP contribution in [0.1, 0.15) is 24.8 Å². The summed E-state index contributed by atoms with van der Waals surface area (Å²) in [5, 5.41) is 0.772. The van der Waals surface area contributed by atoms with Crippen molar-refractivity contribution in [1.82, 2.24) is 0 Å². The predicted octanol–water partition coefficient (Wildman–Crippen LogP) is 2.80. The fourth-order valence-electron chi connectivity index (χ4n) is 2.15. The molecular formula is C12H16ClNO. The van der Waals surface area contributed by atoms with Crippen LogP contribution in [-0.2, 0) is 0 Å². The average Bonchev–Trinajstić information content (AvgIpc) is 2.27. The highest BCUT2D eigenvalue weighted by atomic mass is 35.5.